The zero-order chi connectivity index (χ0) is 17.1. The van der Waals surface area contributed by atoms with Crippen LogP contribution in [0.15, 0.2) is 23.7 Å². The van der Waals surface area contributed by atoms with Gasteiger partial charge in [-0.3, -0.25) is 4.79 Å². The summed E-state index contributed by atoms with van der Waals surface area (Å²) in [5.74, 6) is 1.57. The van der Waals surface area contributed by atoms with Gasteiger partial charge in [-0.1, -0.05) is 6.92 Å². The van der Waals surface area contributed by atoms with Crippen LogP contribution in [0.25, 0.3) is 0 Å². The molecule has 128 valence electrons. The van der Waals surface area contributed by atoms with Gasteiger partial charge in [-0.25, -0.2) is 9.97 Å². The molecule has 1 aliphatic rings. The summed E-state index contributed by atoms with van der Waals surface area (Å²) in [6, 6.07) is 3.82. The standard InChI is InChI=1S/C18H24N4OS/c1-12-6-8-22(9-7-12)18(23)15-4-5-17(19-10-15)20-13(2)16-11-24-14(3)21-16/h4-5,10-13H,6-9H2,1-3H3,(H,19,20). The second kappa shape index (κ2) is 7.30. The molecule has 1 saturated heterocycles. The quantitative estimate of drug-likeness (QED) is 0.914. The largest absolute Gasteiger partial charge is 0.362 e. The fraction of sp³-hybridized carbons (Fsp3) is 0.500. The van der Waals surface area contributed by atoms with Crippen molar-refractivity contribution in [1.82, 2.24) is 14.9 Å². The second-order valence-corrected chi connectivity index (χ2v) is 7.63. The summed E-state index contributed by atoms with van der Waals surface area (Å²) in [7, 11) is 0. The van der Waals surface area contributed by atoms with Crippen LogP contribution in [0, 0.1) is 12.8 Å². The fourth-order valence-corrected chi connectivity index (χ4v) is 3.58. The zero-order valence-corrected chi connectivity index (χ0v) is 15.3. The van der Waals surface area contributed by atoms with E-state index in [1.807, 2.05) is 24.0 Å². The van der Waals surface area contributed by atoms with Crippen molar-refractivity contribution in [3.05, 3.63) is 40.0 Å². The number of nitrogens with one attached hydrogen (secondary N) is 1. The summed E-state index contributed by atoms with van der Waals surface area (Å²) in [5.41, 5.74) is 1.68. The number of carbonyl (C=O) groups excluding carboxylic acids is 1. The van der Waals surface area contributed by atoms with E-state index in [9.17, 15) is 4.79 Å². The van der Waals surface area contributed by atoms with Gasteiger partial charge in [0.25, 0.3) is 5.91 Å². The minimum atomic E-state index is 0.0872. The highest BCUT2D eigenvalue weighted by Gasteiger charge is 2.21. The van der Waals surface area contributed by atoms with E-state index in [4.69, 9.17) is 0 Å². The van der Waals surface area contributed by atoms with E-state index in [1.54, 1.807) is 17.5 Å². The van der Waals surface area contributed by atoms with Crippen molar-refractivity contribution >= 4 is 23.1 Å². The molecule has 6 heteroatoms. The molecular weight excluding hydrogens is 320 g/mol. The molecule has 1 fully saturated rings. The summed E-state index contributed by atoms with van der Waals surface area (Å²) >= 11 is 1.64. The molecule has 3 heterocycles. The third kappa shape index (κ3) is 3.93. The predicted octanol–water partition coefficient (Wildman–Crippen LogP) is 3.89. The van der Waals surface area contributed by atoms with Crippen molar-refractivity contribution < 1.29 is 4.79 Å². The Balaban J connectivity index is 1.61. The third-order valence-corrected chi connectivity index (χ3v) is 5.32. The first-order valence-corrected chi connectivity index (χ1v) is 9.35. The van der Waals surface area contributed by atoms with Gasteiger partial charge in [0.1, 0.15) is 5.82 Å². The van der Waals surface area contributed by atoms with Crippen molar-refractivity contribution in [2.24, 2.45) is 5.92 Å². The highest BCUT2D eigenvalue weighted by molar-refractivity contribution is 7.09. The van der Waals surface area contributed by atoms with Crippen LogP contribution in [0.1, 0.15) is 53.8 Å². The molecule has 1 N–H and O–H groups in total. The van der Waals surface area contributed by atoms with Crippen molar-refractivity contribution in [1.29, 1.82) is 0 Å². The van der Waals surface area contributed by atoms with Crippen LogP contribution in [0.3, 0.4) is 0 Å². The Hall–Kier alpha value is -1.95. The number of amides is 1. The number of likely N-dealkylation sites (tertiary alicyclic amines) is 1. The van der Waals surface area contributed by atoms with Gasteiger partial charge < -0.3 is 10.2 Å². The Morgan fingerprint density at radius 3 is 2.71 bits per heavy atom. The van der Waals surface area contributed by atoms with Crippen molar-refractivity contribution in [2.45, 2.75) is 39.7 Å². The highest BCUT2D eigenvalue weighted by atomic mass is 32.1. The average molecular weight is 344 g/mol. The molecule has 1 unspecified atom stereocenters. The van der Waals surface area contributed by atoms with Gasteiger partial charge in [0.2, 0.25) is 0 Å². The molecule has 0 saturated carbocycles. The van der Waals surface area contributed by atoms with E-state index >= 15 is 0 Å². The summed E-state index contributed by atoms with van der Waals surface area (Å²) in [4.78, 5) is 23.3. The number of rotatable bonds is 4. The van der Waals surface area contributed by atoms with Crippen LogP contribution < -0.4 is 5.32 Å². The van der Waals surface area contributed by atoms with Crippen LogP contribution >= 0.6 is 11.3 Å². The van der Waals surface area contributed by atoms with E-state index in [0.29, 0.717) is 5.56 Å². The minimum absolute atomic E-state index is 0.0872. The Bertz CT molecular complexity index is 689. The SMILES string of the molecule is Cc1nc(C(C)Nc2ccc(C(=O)N3CCC(C)CC3)cn2)cs1. The zero-order valence-electron chi connectivity index (χ0n) is 14.5. The maximum Gasteiger partial charge on any atom is 0.255 e. The fourth-order valence-electron chi connectivity index (χ4n) is 2.87. The molecule has 3 rings (SSSR count). The van der Waals surface area contributed by atoms with Crippen molar-refractivity contribution in [3.63, 3.8) is 0 Å². The Morgan fingerprint density at radius 2 is 2.12 bits per heavy atom. The summed E-state index contributed by atoms with van der Waals surface area (Å²) in [6.07, 6.45) is 3.84. The van der Waals surface area contributed by atoms with E-state index < -0.39 is 0 Å². The average Bonchev–Trinajstić information content (AvgIpc) is 3.02. The number of hydrogen-bond donors (Lipinski definition) is 1. The van der Waals surface area contributed by atoms with Crippen LogP contribution in [-0.4, -0.2) is 33.9 Å². The molecule has 2 aromatic rings. The van der Waals surface area contributed by atoms with E-state index in [0.717, 1.165) is 48.4 Å². The topological polar surface area (TPSA) is 58.1 Å². The van der Waals surface area contributed by atoms with E-state index in [-0.39, 0.29) is 11.9 Å². The summed E-state index contributed by atoms with van der Waals surface area (Å²) < 4.78 is 0. The molecule has 1 atom stereocenters. The molecule has 0 bridgehead atoms. The lowest BCUT2D eigenvalue weighted by atomic mass is 9.99. The number of aryl methyl sites for hydroxylation is 1. The number of hydrogen-bond acceptors (Lipinski definition) is 5. The Morgan fingerprint density at radius 1 is 1.38 bits per heavy atom. The van der Waals surface area contributed by atoms with Crippen LogP contribution in [0.4, 0.5) is 5.82 Å². The third-order valence-electron chi connectivity index (χ3n) is 4.53. The Labute approximate surface area is 147 Å². The number of piperidine rings is 1. The predicted molar refractivity (Wildman–Crippen MR) is 97.4 cm³/mol. The monoisotopic (exact) mass is 344 g/mol. The van der Waals surface area contributed by atoms with Crippen molar-refractivity contribution in [3.8, 4) is 0 Å². The summed E-state index contributed by atoms with van der Waals surface area (Å²) in [5, 5.41) is 6.45. The molecule has 0 spiro atoms. The van der Waals surface area contributed by atoms with Gasteiger partial charge in [-0.15, -0.1) is 11.3 Å². The number of carbonyl (C=O) groups is 1. The molecule has 24 heavy (non-hydrogen) atoms. The van der Waals surface area contributed by atoms with Crippen molar-refractivity contribution in [2.75, 3.05) is 18.4 Å². The smallest absolute Gasteiger partial charge is 0.255 e. The molecular formula is C18H24N4OS. The van der Waals surface area contributed by atoms with Gasteiger partial charge in [0.15, 0.2) is 0 Å². The molecule has 0 radical (unpaired) electrons. The van der Waals surface area contributed by atoms with Gasteiger partial charge in [0, 0.05) is 24.7 Å². The number of anilines is 1. The van der Waals surface area contributed by atoms with Gasteiger partial charge in [-0.2, -0.15) is 0 Å². The van der Waals surface area contributed by atoms with Gasteiger partial charge >= 0.3 is 0 Å². The molecule has 0 aromatic carbocycles. The minimum Gasteiger partial charge on any atom is -0.362 e. The number of pyridine rings is 1. The lowest BCUT2D eigenvalue weighted by molar-refractivity contribution is 0.0697. The molecule has 1 amide bonds. The highest BCUT2D eigenvalue weighted by Crippen LogP contribution is 2.21. The van der Waals surface area contributed by atoms with Crippen LogP contribution in [0.5, 0.6) is 0 Å². The molecule has 2 aromatic heterocycles. The maximum atomic E-state index is 12.5. The molecule has 1 aliphatic heterocycles. The molecule has 0 aliphatic carbocycles. The number of thiazole rings is 1. The Kier molecular flexibility index (Phi) is 5.14. The normalized spacial score (nSPS) is 16.9. The summed E-state index contributed by atoms with van der Waals surface area (Å²) in [6.45, 7) is 8.00. The molecule has 5 nitrogen and oxygen atoms in total. The maximum absolute atomic E-state index is 12.5. The van der Waals surface area contributed by atoms with Crippen LogP contribution in [-0.2, 0) is 0 Å². The first-order valence-electron chi connectivity index (χ1n) is 8.47. The second-order valence-electron chi connectivity index (χ2n) is 6.56. The van der Waals surface area contributed by atoms with Crippen LogP contribution in [0.2, 0.25) is 0 Å². The van der Waals surface area contributed by atoms with Gasteiger partial charge in [0.05, 0.1) is 22.3 Å². The lowest BCUT2D eigenvalue weighted by Gasteiger charge is -2.30. The van der Waals surface area contributed by atoms with E-state index in [1.165, 1.54) is 0 Å². The first-order chi connectivity index (χ1) is 11.5. The number of aromatic nitrogens is 2. The van der Waals surface area contributed by atoms with E-state index in [2.05, 4.69) is 34.5 Å². The lowest BCUT2D eigenvalue weighted by Crippen LogP contribution is -2.37. The first kappa shape index (κ1) is 16.9. The van der Waals surface area contributed by atoms with Gasteiger partial charge in [-0.05, 0) is 44.7 Å². The number of nitrogens with zero attached hydrogens (tertiary/aromatic N) is 3.